The molecule has 4 aromatic rings. The number of aromatic nitrogens is 5. The summed E-state index contributed by atoms with van der Waals surface area (Å²) in [5.41, 5.74) is 1.90. The summed E-state index contributed by atoms with van der Waals surface area (Å²) in [5.74, 6) is 1.52. The van der Waals surface area contributed by atoms with Crippen LogP contribution in [-0.4, -0.2) is 24.8 Å². The summed E-state index contributed by atoms with van der Waals surface area (Å²) in [6.07, 6.45) is 6.29. The molecule has 1 aliphatic rings. The topological polar surface area (TPSA) is 56.0 Å². The second-order valence-corrected chi connectivity index (χ2v) is 7.34. The first kappa shape index (κ1) is 14.0. The summed E-state index contributed by atoms with van der Waals surface area (Å²) in [6.45, 7) is 0. The van der Waals surface area contributed by atoms with Crippen molar-refractivity contribution in [3.63, 3.8) is 0 Å². The van der Waals surface area contributed by atoms with E-state index in [1.54, 1.807) is 11.3 Å². The average molecular weight is 335 g/mol. The van der Waals surface area contributed by atoms with Crippen LogP contribution in [0.15, 0.2) is 36.4 Å². The zero-order valence-corrected chi connectivity index (χ0v) is 14.0. The van der Waals surface area contributed by atoms with Crippen LogP contribution in [0.1, 0.15) is 43.8 Å². The van der Waals surface area contributed by atoms with Crippen molar-refractivity contribution in [1.82, 2.24) is 24.8 Å². The van der Waals surface area contributed by atoms with E-state index >= 15 is 0 Å². The molecular weight excluding hydrogens is 318 g/mol. The molecule has 1 aliphatic carbocycles. The lowest BCUT2D eigenvalue weighted by molar-refractivity contribution is 0.423. The van der Waals surface area contributed by atoms with Crippen LogP contribution in [0, 0.1) is 0 Å². The number of fused-ring (bicyclic) bond motifs is 2. The lowest BCUT2D eigenvalue weighted by Crippen LogP contribution is -2.09. The molecular formula is C18H17N5S. The standard InChI is InChI=1S/C18H17N5S/c1-2-7-13(8-3-1)16-20-21-18-23(16)22-17(24-18)15-11-10-12-6-4-5-9-14(12)19-15/h4-6,9-11,13H,1-3,7-8H2. The molecule has 1 aromatic carbocycles. The normalized spacial score (nSPS) is 16.2. The predicted octanol–water partition coefficient (Wildman–Crippen LogP) is 4.45. The molecule has 24 heavy (non-hydrogen) atoms. The quantitative estimate of drug-likeness (QED) is 0.543. The van der Waals surface area contributed by atoms with Crippen LogP contribution in [0.25, 0.3) is 26.6 Å². The van der Waals surface area contributed by atoms with Crippen LogP contribution in [0.4, 0.5) is 0 Å². The largest absolute Gasteiger partial charge is 0.245 e. The van der Waals surface area contributed by atoms with Gasteiger partial charge in [0.2, 0.25) is 4.96 Å². The average Bonchev–Trinajstić information content (AvgIpc) is 3.23. The van der Waals surface area contributed by atoms with Crippen LogP contribution >= 0.6 is 11.3 Å². The molecule has 5 nitrogen and oxygen atoms in total. The highest BCUT2D eigenvalue weighted by atomic mass is 32.1. The maximum atomic E-state index is 4.77. The van der Waals surface area contributed by atoms with Gasteiger partial charge < -0.3 is 0 Å². The second kappa shape index (κ2) is 5.63. The lowest BCUT2D eigenvalue weighted by Gasteiger charge is -2.18. The minimum atomic E-state index is 0.494. The number of nitrogens with zero attached hydrogens (tertiary/aromatic N) is 5. The molecule has 0 amide bonds. The molecule has 3 heterocycles. The van der Waals surface area contributed by atoms with Gasteiger partial charge in [0, 0.05) is 11.3 Å². The van der Waals surface area contributed by atoms with Gasteiger partial charge in [-0.15, -0.1) is 10.2 Å². The van der Waals surface area contributed by atoms with E-state index in [0.717, 1.165) is 32.4 Å². The van der Waals surface area contributed by atoms with E-state index in [1.165, 1.54) is 32.1 Å². The molecule has 0 radical (unpaired) electrons. The minimum Gasteiger partial charge on any atom is -0.245 e. The van der Waals surface area contributed by atoms with Crippen molar-refractivity contribution in [3.8, 4) is 10.7 Å². The third-order valence-electron chi connectivity index (χ3n) is 4.80. The first-order valence-corrected chi connectivity index (χ1v) is 9.28. The van der Waals surface area contributed by atoms with Crippen molar-refractivity contribution in [2.24, 2.45) is 0 Å². The number of pyridine rings is 1. The maximum absolute atomic E-state index is 4.77. The maximum Gasteiger partial charge on any atom is 0.235 e. The van der Waals surface area contributed by atoms with E-state index in [0.29, 0.717) is 5.92 Å². The Morgan fingerprint density at radius 1 is 0.958 bits per heavy atom. The summed E-state index contributed by atoms with van der Waals surface area (Å²) >= 11 is 1.56. The van der Waals surface area contributed by atoms with E-state index in [4.69, 9.17) is 10.1 Å². The van der Waals surface area contributed by atoms with Gasteiger partial charge in [0.05, 0.1) is 5.52 Å². The molecule has 0 unspecified atom stereocenters. The Balaban J connectivity index is 1.58. The highest BCUT2D eigenvalue weighted by Crippen LogP contribution is 2.33. The molecule has 0 N–H and O–H groups in total. The molecule has 1 saturated carbocycles. The molecule has 0 bridgehead atoms. The van der Waals surface area contributed by atoms with Gasteiger partial charge in [-0.3, -0.25) is 0 Å². The van der Waals surface area contributed by atoms with Crippen LogP contribution in [0.3, 0.4) is 0 Å². The van der Waals surface area contributed by atoms with Gasteiger partial charge in [0.15, 0.2) is 10.8 Å². The highest BCUT2D eigenvalue weighted by molar-refractivity contribution is 7.19. The Kier molecular flexibility index (Phi) is 3.29. The zero-order valence-electron chi connectivity index (χ0n) is 13.2. The molecule has 120 valence electrons. The first-order chi connectivity index (χ1) is 11.9. The van der Waals surface area contributed by atoms with Gasteiger partial charge in [0.25, 0.3) is 0 Å². The summed E-state index contributed by atoms with van der Waals surface area (Å²) in [5, 5.41) is 15.6. The van der Waals surface area contributed by atoms with E-state index in [9.17, 15) is 0 Å². The Hall–Kier alpha value is -2.34. The molecule has 5 rings (SSSR count). The summed E-state index contributed by atoms with van der Waals surface area (Å²) < 4.78 is 1.94. The molecule has 1 fully saturated rings. The van der Waals surface area contributed by atoms with Crippen LogP contribution in [-0.2, 0) is 0 Å². The molecule has 0 spiro atoms. The van der Waals surface area contributed by atoms with E-state index in [1.807, 2.05) is 28.8 Å². The van der Waals surface area contributed by atoms with Crippen molar-refractivity contribution in [3.05, 3.63) is 42.2 Å². The lowest BCUT2D eigenvalue weighted by atomic mass is 9.89. The Morgan fingerprint density at radius 2 is 1.83 bits per heavy atom. The molecule has 0 atom stereocenters. The molecule has 0 aliphatic heterocycles. The Bertz CT molecular complexity index is 1010. The van der Waals surface area contributed by atoms with E-state index in [-0.39, 0.29) is 0 Å². The SMILES string of the molecule is c1ccc2nc(-c3nn4c(C5CCCCC5)nnc4s3)ccc2c1. The second-order valence-electron chi connectivity index (χ2n) is 6.38. The first-order valence-electron chi connectivity index (χ1n) is 8.47. The zero-order chi connectivity index (χ0) is 15.9. The fraction of sp³-hybridized carbons (Fsp3) is 0.333. The smallest absolute Gasteiger partial charge is 0.235 e. The number of rotatable bonds is 2. The van der Waals surface area contributed by atoms with Gasteiger partial charge in [-0.2, -0.15) is 9.61 Å². The van der Waals surface area contributed by atoms with Crippen LogP contribution in [0.2, 0.25) is 0 Å². The van der Waals surface area contributed by atoms with Gasteiger partial charge in [-0.1, -0.05) is 54.9 Å². The predicted molar refractivity (Wildman–Crippen MR) is 95.2 cm³/mol. The Labute approximate surface area is 143 Å². The van der Waals surface area contributed by atoms with E-state index in [2.05, 4.69) is 22.3 Å². The van der Waals surface area contributed by atoms with Crippen LogP contribution < -0.4 is 0 Å². The van der Waals surface area contributed by atoms with Crippen molar-refractivity contribution in [1.29, 1.82) is 0 Å². The number of para-hydroxylation sites is 1. The number of hydrogen-bond donors (Lipinski definition) is 0. The monoisotopic (exact) mass is 335 g/mol. The molecule has 3 aromatic heterocycles. The summed E-state index contributed by atoms with van der Waals surface area (Å²) in [4.78, 5) is 5.61. The highest BCUT2D eigenvalue weighted by Gasteiger charge is 2.23. The van der Waals surface area contributed by atoms with Crippen molar-refractivity contribution >= 4 is 27.2 Å². The van der Waals surface area contributed by atoms with Gasteiger partial charge in [-0.05, 0) is 25.0 Å². The minimum absolute atomic E-state index is 0.494. The van der Waals surface area contributed by atoms with Gasteiger partial charge in [-0.25, -0.2) is 4.98 Å². The van der Waals surface area contributed by atoms with Crippen LogP contribution in [0.5, 0.6) is 0 Å². The fourth-order valence-corrected chi connectivity index (χ4v) is 4.35. The Morgan fingerprint density at radius 3 is 2.75 bits per heavy atom. The summed E-state index contributed by atoms with van der Waals surface area (Å²) in [7, 11) is 0. The van der Waals surface area contributed by atoms with Gasteiger partial charge in [0.1, 0.15) is 5.69 Å². The van der Waals surface area contributed by atoms with E-state index < -0.39 is 0 Å². The number of hydrogen-bond acceptors (Lipinski definition) is 5. The fourth-order valence-electron chi connectivity index (χ4n) is 3.54. The van der Waals surface area contributed by atoms with Crippen molar-refractivity contribution in [2.75, 3.05) is 0 Å². The molecule has 6 heteroatoms. The molecule has 0 saturated heterocycles. The van der Waals surface area contributed by atoms with Gasteiger partial charge >= 0.3 is 0 Å². The summed E-state index contributed by atoms with van der Waals surface area (Å²) in [6, 6.07) is 12.3. The van der Waals surface area contributed by atoms with Crippen molar-refractivity contribution < 1.29 is 0 Å². The van der Waals surface area contributed by atoms with Crippen molar-refractivity contribution in [2.45, 2.75) is 38.0 Å². The number of benzene rings is 1. The third-order valence-corrected chi connectivity index (χ3v) is 5.72. The third kappa shape index (κ3) is 2.29.